The van der Waals surface area contributed by atoms with E-state index in [0.29, 0.717) is 0 Å². The van der Waals surface area contributed by atoms with E-state index < -0.39 is 28.9 Å². The van der Waals surface area contributed by atoms with Crippen molar-refractivity contribution in [1.82, 2.24) is 5.32 Å². The molecule has 140 valence electrons. The Labute approximate surface area is 150 Å². The van der Waals surface area contributed by atoms with Gasteiger partial charge in [-0.15, -0.1) is 5.10 Å². The van der Waals surface area contributed by atoms with E-state index in [0.717, 1.165) is 24.0 Å². The largest absolute Gasteiger partial charge is 0.493 e. The van der Waals surface area contributed by atoms with Gasteiger partial charge in [0.15, 0.2) is 5.17 Å². The zero-order chi connectivity index (χ0) is 19.3. The second-order valence-corrected chi connectivity index (χ2v) is 6.22. The number of nitrogens with zero attached hydrogens (tertiary/aromatic N) is 2. The third kappa shape index (κ3) is 5.22. The van der Waals surface area contributed by atoms with Gasteiger partial charge in [-0.3, -0.25) is 9.59 Å². The van der Waals surface area contributed by atoms with Crippen molar-refractivity contribution in [2.75, 3.05) is 6.61 Å². The molecule has 1 amide bonds. The van der Waals surface area contributed by atoms with Crippen molar-refractivity contribution >= 4 is 35.0 Å². The summed E-state index contributed by atoms with van der Waals surface area (Å²) in [6.07, 6.45) is -3.86. The minimum absolute atomic E-state index is 0.0829. The topological polar surface area (TPSA) is 100 Å². The van der Waals surface area contributed by atoms with Gasteiger partial charge in [-0.05, 0) is 30.7 Å². The molecule has 2 N–H and O–H groups in total. The van der Waals surface area contributed by atoms with Crippen LogP contribution in [-0.4, -0.2) is 40.2 Å². The SMILES string of the molecule is CCOc1ccc(C=NN=C2NC(=O)C(CC(=O)O)S2)cc1C(F)(F)F. The van der Waals surface area contributed by atoms with Crippen LogP contribution in [0.25, 0.3) is 0 Å². The van der Waals surface area contributed by atoms with Crippen molar-refractivity contribution in [2.24, 2.45) is 10.2 Å². The molecule has 1 aliphatic heterocycles. The lowest BCUT2D eigenvalue weighted by Crippen LogP contribution is -2.26. The maximum absolute atomic E-state index is 13.1. The fraction of sp³-hybridized carbons (Fsp3) is 0.333. The summed E-state index contributed by atoms with van der Waals surface area (Å²) in [6, 6.07) is 3.45. The molecule has 1 aromatic carbocycles. The molecule has 0 saturated carbocycles. The first kappa shape index (κ1) is 19.8. The molecule has 0 bridgehead atoms. The number of ether oxygens (including phenoxy) is 1. The summed E-state index contributed by atoms with van der Waals surface area (Å²) in [5, 5.41) is 17.6. The fourth-order valence-electron chi connectivity index (χ4n) is 2.02. The average molecular weight is 389 g/mol. The van der Waals surface area contributed by atoms with Crippen LogP contribution in [0, 0.1) is 0 Å². The van der Waals surface area contributed by atoms with Crippen LogP contribution in [0.1, 0.15) is 24.5 Å². The van der Waals surface area contributed by atoms with Crippen LogP contribution in [0.4, 0.5) is 13.2 Å². The Kier molecular flexibility index (Phi) is 6.24. The number of thioether (sulfide) groups is 1. The van der Waals surface area contributed by atoms with E-state index in [1.54, 1.807) is 6.92 Å². The number of nitrogens with one attached hydrogen (secondary N) is 1. The van der Waals surface area contributed by atoms with Crippen molar-refractivity contribution in [3.63, 3.8) is 0 Å². The van der Waals surface area contributed by atoms with E-state index in [9.17, 15) is 22.8 Å². The molecule has 1 aliphatic rings. The van der Waals surface area contributed by atoms with Crippen LogP contribution in [0.2, 0.25) is 0 Å². The standard InChI is InChI=1S/C15H14F3N3O4S/c1-2-25-10-4-3-8(5-9(10)15(16,17)18)7-19-21-14-20-13(24)11(26-14)6-12(22)23/h3-5,7,11H,2,6H2,1H3,(H,22,23)(H,20,21,24). The molecule has 0 spiro atoms. The summed E-state index contributed by atoms with van der Waals surface area (Å²) in [5.74, 6) is -1.91. The van der Waals surface area contributed by atoms with Crippen LogP contribution < -0.4 is 10.1 Å². The van der Waals surface area contributed by atoms with Crippen LogP contribution in [0.5, 0.6) is 5.75 Å². The van der Waals surface area contributed by atoms with Gasteiger partial charge in [-0.25, -0.2) is 0 Å². The number of carbonyl (C=O) groups is 2. The van der Waals surface area contributed by atoms with Gasteiger partial charge >= 0.3 is 12.1 Å². The zero-order valence-corrected chi connectivity index (χ0v) is 14.2. The minimum Gasteiger partial charge on any atom is -0.493 e. The summed E-state index contributed by atoms with van der Waals surface area (Å²) < 4.78 is 44.1. The van der Waals surface area contributed by atoms with E-state index in [-0.39, 0.29) is 29.5 Å². The van der Waals surface area contributed by atoms with E-state index in [4.69, 9.17) is 9.84 Å². The zero-order valence-electron chi connectivity index (χ0n) is 13.4. The highest BCUT2D eigenvalue weighted by Crippen LogP contribution is 2.36. The number of halogens is 3. The van der Waals surface area contributed by atoms with Crippen LogP contribution in [-0.2, 0) is 15.8 Å². The lowest BCUT2D eigenvalue weighted by atomic mass is 10.1. The monoisotopic (exact) mass is 389 g/mol. The molecule has 0 aliphatic carbocycles. The number of rotatable bonds is 6. The Hall–Kier alpha value is -2.56. The van der Waals surface area contributed by atoms with Crippen molar-refractivity contribution in [3.8, 4) is 5.75 Å². The molecule has 26 heavy (non-hydrogen) atoms. The molecule has 0 radical (unpaired) electrons. The van der Waals surface area contributed by atoms with Gasteiger partial charge in [-0.1, -0.05) is 11.8 Å². The van der Waals surface area contributed by atoms with Gasteiger partial charge < -0.3 is 15.2 Å². The number of benzene rings is 1. The van der Waals surface area contributed by atoms with Gasteiger partial charge in [0.2, 0.25) is 5.91 Å². The number of carbonyl (C=O) groups excluding carboxylic acids is 1. The molecule has 7 nitrogen and oxygen atoms in total. The fourth-order valence-corrected chi connectivity index (χ4v) is 2.94. The Balaban J connectivity index is 2.13. The third-order valence-corrected chi connectivity index (χ3v) is 4.17. The molecule has 1 fully saturated rings. The first-order chi connectivity index (χ1) is 12.2. The highest BCUT2D eigenvalue weighted by molar-refractivity contribution is 8.15. The quantitative estimate of drug-likeness (QED) is 0.575. The number of hydrogen-bond donors (Lipinski definition) is 2. The Morgan fingerprint density at radius 3 is 2.81 bits per heavy atom. The lowest BCUT2D eigenvalue weighted by Gasteiger charge is -2.13. The highest BCUT2D eigenvalue weighted by atomic mass is 32.2. The smallest absolute Gasteiger partial charge is 0.419 e. The molecule has 1 heterocycles. The molecule has 11 heteroatoms. The van der Waals surface area contributed by atoms with E-state index in [1.165, 1.54) is 12.1 Å². The molecule has 1 saturated heterocycles. The number of alkyl halides is 3. The summed E-state index contributed by atoms with van der Waals surface area (Å²) >= 11 is 0.893. The van der Waals surface area contributed by atoms with Gasteiger partial charge in [-0.2, -0.15) is 18.3 Å². The van der Waals surface area contributed by atoms with Crippen LogP contribution in [0.15, 0.2) is 28.4 Å². The predicted molar refractivity (Wildman–Crippen MR) is 89.4 cm³/mol. The number of aliphatic carboxylic acids is 1. The first-order valence-corrected chi connectivity index (χ1v) is 8.23. The van der Waals surface area contributed by atoms with Gasteiger partial charge in [0.05, 0.1) is 24.8 Å². The maximum atomic E-state index is 13.1. The minimum atomic E-state index is -4.58. The molecule has 0 aromatic heterocycles. The first-order valence-electron chi connectivity index (χ1n) is 7.35. The molecule has 2 rings (SSSR count). The van der Waals surface area contributed by atoms with Crippen molar-refractivity contribution < 1.29 is 32.6 Å². The third-order valence-electron chi connectivity index (χ3n) is 3.10. The van der Waals surface area contributed by atoms with Gasteiger partial charge in [0.25, 0.3) is 0 Å². The Bertz CT molecular complexity index is 765. The molecule has 1 aromatic rings. The average Bonchev–Trinajstić information content (AvgIpc) is 2.87. The predicted octanol–water partition coefficient (Wildman–Crippen LogP) is 2.50. The molecular weight excluding hydrogens is 375 g/mol. The number of carboxylic acids is 1. The second-order valence-electron chi connectivity index (χ2n) is 5.03. The van der Waals surface area contributed by atoms with Crippen molar-refractivity contribution in [3.05, 3.63) is 29.3 Å². The van der Waals surface area contributed by atoms with Crippen LogP contribution in [0.3, 0.4) is 0 Å². The summed E-state index contributed by atoms with van der Waals surface area (Å²) in [4.78, 5) is 22.2. The normalized spacial score (nSPS) is 19.2. The summed E-state index contributed by atoms with van der Waals surface area (Å²) in [6.45, 7) is 1.68. The van der Waals surface area contributed by atoms with E-state index in [1.807, 2.05) is 0 Å². The summed E-state index contributed by atoms with van der Waals surface area (Å²) in [7, 11) is 0. The van der Waals surface area contributed by atoms with Gasteiger partial charge in [0.1, 0.15) is 11.0 Å². The van der Waals surface area contributed by atoms with E-state index >= 15 is 0 Å². The van der Waals surface area contributed by atoms with Crippen molar-refractivity contribution in [1.29, 1.82) is 0 Å². The molecular formula is C15H14F3N3O4S. The number of hydrogen-bond acceptors (Lipinski definition) is 6. The van der Waals surface area contributed by atoms with E-state index in [2.05, 4.69) is 15.5 Å². The second kappa shape index (κ2) is 8.21. The van der Waals surface area contributed by atoms with Gasteiger partial charge in [0, 0.05) is 0 Å². The number of carboxylic acid groups (broad SMARTS) is 1. The number of amidine groups is 1. The van der Waals surface area contributed by atoms with Crippen LogP contribution >= 0.6 is 11.8 Å². The molecule has 1 atom stereocenters. The maximum Gasteiger partial charge on any atom is 0.419 e. The Morgan fingerprint density at radius 1 is 1.46 bits per heavy atom. The summed E-state index contributed by atoms with van der Waals surface area (Å²) in [5.41, 5.74) is -0.789. The highest BCUT2D eigenvalue weighted by Gasteiger charge is 2.34. The number of amides is 1. The lowest BCUT2D eigenvalue weighted by molar-refractivity contribution is -0.139. The molecule has 1 unspecified atom stereocenters. The van der Waals surface area contributed by atoms with Crippen molar-refractivity contribution in [2.45, 2.75) is 24.8 Å². The Morgan fingerprint density at radius 2 is 2.19 bits per heavy atom.